The minimum absolute atomic E-state index is 0.0883. The molecule has 0 bridgehead atoms. The number of para-hydroxylation sites is 1. The lowest BCUT2D eigenvalue weighted by atomic mass is 10.1. The molecule has 2 aliphatic heterocycles. The second kappa shape index (κ2) is 16.7. The van der Waals surface area contributed by atoms with E-state index < -0.39 is 51.5 Å². The number of amides is 3. The van der Waals surface area contributed by atoms with Gasteiger partial charge in [-0.2, -0.15) is 4.31 Å². The Labute approximate surface area is 338 Å². The first-order valence-corrected chi connectivity index (χ1v) is 20.6. The molecule has 0 spiro atoms. The number of nitrogens with zero attached hydrogens (tertiary/aromatic N) is 5. The van der Waals surface area contributed by atoms with Gasteiger partial charge in [-0.15, -0.1) is 4.99 Å². The molecule has 2 aromatic carbocycles. The quantitative estimate of drug-likeness (QED) is 0.197. The monoisotopic (exact) mass is 832 g/mol. The fraction of sp³-hybridized carbons (Fsp3) is 0.513. The van der Waals surface area contributed by atoms with E-state index in [-0.39, 0.29) is 58.6 Å². The van der Waals surface area contributed by atoms with Gasteiger partial charge in [0.1, 0.15) is 40.0 Å². The van der Waals surface area contributed by atoms with Gasteiger partial charge in [0.15, 0.2) is 0 Å². The lowest BCUT2D eigenvalue weighted by Crippen LogP contribution is -2.64. The van der Waals surface area contributed by atoms with Gasteiger partial charge in [0.25, 0.3) is 0 Å². The number of fused-ring (bicyclic) bond motifs is 1. The van der Waals surface area contributed by atoms with Crippen molar-refractivity contribution in [3.05, 3.63) is 63.8 Å². The second-order valence-corrected chi connectivity index (χ2v) is 18.7. The number of rotatable bonds is 6. The van der Waals surface area contributed by atoms with Gasteiger partial charge in [0, 0.05) is 53.4 Å². The molecule has 0 saturated carbocycles. The Balaban J connectivity index is 1.35. The van der Waals surface area contributed by atoms with Crippen molar-refractivity contribution in [2.75, 3.05) is 19.6 Å². The Hall–Kier alpha value is -4.18. The third-order valence-corrected chi connectivity index (χ3v) is 11.9. The third-order valence-electron chi connectivity index (χ3n) is 9.10. The average Bonchev–Trinajstić information content (AvgIpc) is 3.57. The molecule has 17 heteroatoms. The molecule has 3 unspecified atom stereocenters. The van der Waals surface area contributed by atoms with Crippen LogP contribution in [0.3, 0.4) is 0 Å². The maximum atomic E-state index is 14.3. The summed E-state index contributed by atoms with van der Waals surface area (Å²) in [5.74, 6) is 0.0291. The Morgan fingerprint density at radius 2 is 1.61 bits per heavy atom. The highest BCUT2D eigenvalue weighted by Crippen LogP contribution is 2.37. The molecular formula is C39H50Cl2N6O8S. The zero-order valence-electron chi connectivity index (χ0n) is 33.2. The molecule has 0 radical (unpaired) electrons. The molecule has 1 aromatic heterocycles. The number of aliphatic imine (C=N–C) groups is 1. The molecule has 1 N–H and O–H groups in total. The molecule has 3 amide bonds. The summed E-state index contributed by atoms with van der Waals surface area (Å²) >= 11 is 13.4. The highest BCUT2D eigenvalue weighted by molar-refractivity contribution is 7.89. The highest BCUT2D eigenvalue weighted by atomic mass is 35.5. The van der Waals surface area contributed by atoms with Crippen LogP contribution >= 0.6 is 23.2 Å². The molecule has 56 heavy (non-hydrogen) atoms. The molecule has 2 aliphatic rings. The number of nitrogens with one attached hydrogen (secondary N) is 1. The van der Waals surface area contributed by atoms with Crippen LogP contribution < -0.4 is 10.1 Å². The number of ether oxygens (including phenoxy) is 3. The molecular weight excluding hydrogens is 783 g/mol. The van der Waals surface area contributed by atoms with Crippen LogP contribution in [0.2, 0.25) is 10.0 Å². The number of guanidine groups is 1. The van der Waals surface area contributed by atoms with Crippen LogP contribution in [0.15, 0.2) is 52.4 Å². The van der Waals surface area contributed by atoms with E-state index in [1.165, 1.54) is 16.4 Å². The Kier molecular flexibility index (Phi) is 12.8. The van der Waals surface area contributed by atoms with Crippen molar-refractivity contribution < 1.29 is 37.0 Å². The van der Waals surface area contributed by atoms with Crippen LogP contribution in [-0.4, -0.2) is 101 Å². The summed E-state index contributed by atoms with van der Waals surface area (Å²) in [6.07, 6.45) is -0.964. The van der Waals surface area contributed by atoms with Crippen molar-refractivity contribution in [2.45, 2.75) is 116 Å². The van der Waals surface area contributed by atoms with Gasteiger partial charge in [0.2, 0.25) is 21.9 Å². The lowest BCUT2D eigenvalue weighted by Gasteiger charge is -2.46. The number of aryl methyl sites for hydroxylation is 1. The molecule has 0 aliphatic carbocycles. The SMILES string of the molecule is Cc1ccc2cccc(OCc3c(Cl)ccc(S(=O)(=O)N4CCCC4C(=O)N4CC(C)N(C(=NC(=O)OC(C)(C)C)NC(=O)OC(C)(C)C)C(C)C4)c3Cl)c2n1. The Morgan fingerprint density at radius 3 is 2.25 bits per heavy atom. The summed E-state index contributed by atoms with van der Waals surface area (Å²) in [5, 5.41) is 3.61. The maximum Gasteiger partial charge on any atom is 0.437 e. The van der Waals surface area contributed by atoms with Gasteiger partial charge in [0.05, 0.1) is 5.02 Å². The van der Waals surface area contributed by atoms with Crippen molar-refractivity contribution in [2.24, 2.45) is 4.99 Å². The molecule has 14 nitrogen and oxygen atoms in total. The third kappa shape index (κ3) is 10.0. The van der Waals surface area contributed by atoms with E-state index in [1.807, 2.05) is 45.0 Å². The minimum Gasteiger partial charge on any atom is -0.487 e. The first-order valence-electron chi connectivity index (χ1n) is 18.4. The number of carbonyl (C=O) groups is 3. The minimum atomic E-state index is -4.29. The molecule has 3 atom stereocenters. The first kappa shape index (κ1) is 43.0. The van der Waals surface area contributed by atoms with Crippen LogP contribution in [0.25, 0.3) is 10.9 Å². The number of benzene rings is 2. The number of aromatic nitrogens is 1. The molecule has 304 valence electrons. The number of sulfonamides is 1. The predicted octanol–water partition coefficient (Wildman–Crippen LogP) is 7.32. The summed E-state index contributed by atoms with van der Waals surface area (Å²) in [6, 6.07) is 10.2. The number of hydrogen-bond acceptors (Lipinski definition) is 9. The zero-order valence-corrected chi connectivity index (χ0v) is 35.5. The number of hydrogen-bond donors (Lipinski definition) is 1. The van der Waals surface area contributed by atoms with Gasteiger partial charge >= 0.3 is 12.2 Å². The number of piperazine rings is 1. The smallest absolute Gasteiger partial charge is 0.437 e. The molecule has 2 fully saturated rings. The van der Waals surface area contributed by atoms with Gasteiger partial charge in [-0.3, -0.25) is 10.1 Å². The van der Waals surface area contributed by atoms with E-state index in [0.717, 1.165) is 11.1 Å². The first-order chi connectivity index (χ1) is 26.1. The van der Waals surface area contributed by atoms with Crippen LogP contribution in [-0.2, 0) is 30.9 Å². The standard InChI is InChI=1S/C39H50Cl2N6O8S/c1-23-15-16-26-12-10-14-30(33(26)42-23)53-22-27-28(40)17-18-31(32(27)41)56(51,52)46-19-11-13-29(46)34(48)45-20-24(2)47(25(3)21-45)35(43-36(49)54-38(4,5)6)44-37(50)55-39(7,8)9/h10,12,14-18,24-25,29H,11,13,19-22H2,1-9H3,(H,43,44,49,50). The van der Waals surface area contributed by atoms with Crippen LogP contribution in [0.1, 0.15) is 79.5 Å². The van der Waals surface area contributed by atoms with Gasteiger partial charge < -0.3 is 24.0 Å². The zero-order chi connectivity index (χ0) is 41.3. The lowest BCUT2D eigenvalue weighted by molar-refractivity contribution is -0.138. The fourth-order valence-electron chi connectivity index (χ4n) is 6.84. The average molecular weight is 834 g/mol. The Bertz CT molecular complexity index is 2120. The van der Waals surface area contributed by atoms with Gasteiger partial charge in [-0.25, -0.2) is 23.0 Å². The van der Waals surface area contributed by atoms with E-state index >= 15 is 0 Å². The van der Waals surface area contributed by atoms with Crippen molar-refractivity contribution in [1.82, 2.24) is 24.4 Å². The Morgan fingerprint density at radius 1 is 0.946 bits per heavy atom. The van der Waals surface area contributed by atoms with E-state index in [0.29, 0.717) is 24.1 Å². The topological polar surface area (TPSA) is 160 Å². The van der Waals surface area contributed by atoms with Gasteiger partial charge in [-0.05, 0) is 99.4 Å². The van der Waals surface area contributed by atoms with Crippen molar-refractivity contribution >= 4 is 68.2 Å². The van der Waals surface area contributed by atoms with E-state index in [9.17, 15) is 22.8 Å². The van der Waals surface area contributed by atoms with Crippen LogP contribution in [0.4, 0.5) is 9.59 Å². The van der Waals surface area contributed by atoms with Gasteiger partial charge in [-0.1, -0.05) is 41.4 Å². The summed E-state index contributed by atoms with van der Waals surface area (Å²) in [4.78, 5) is 51.8. The van der Waals surface area contributed by atoms with E-state index in [1.54, 1.807) is 57.4 Å². The normalized spacial score (nSPS) is 19.9. The summed E-state index contributed by atoms with van der Waals surface area (Å²) in [6.45, 7) is 16.0. The molecule has 5 rings (SSSR count). The second-order valence-electron chi connectivity index (χ2n) is 16.1. The number of halogens is 2. The molecule has 3 heterocycles. The summed E-state index contributed by atoms with van der Waals surface area (Å²) in [5.41, 5.74) is 0.0797. The van der Waals surface area contributed by atoms with E-state index in [2.05, 4.69) is 15.3 Å². The van der Waals surface area contributed by atoms with Crippen molar-refractivity contribution in [1.29, 1.82) is 0 Å². The maximum absolute atomic E-state index is 14.3. The molecule has 3 aromatic rings. The summed E-state index contributed by atoms with van der Waals surface area (Å²) < 4.78 is 46.8. The number of carbonyl (C=O) groups excluding carboxylic acids is 3. The number of pyridine rings is 1. The molecule has 2 saturated heterocycles. The van der Waals surface area contributed by atoms with Crippen LogP contribution in [0, 0.1) is 6.92 Å². The summed E-state index contributed by atoms with van der Waals surface area (Å²) in [7, 11) is -4.29. The fourth-order valence-corrected chi connectivity index (χ4v) is 9.35. The van der Waals surface area contributed by atoms with Crippen molar-refractivity contribution in [3.8, 4) is 5.75 Å². The van der Waals surface area contributed by atoms with E-state index in [4.69, 9.17) is 37.4 Å². The van der Waals surface area contributed by atoms with Crippen LogP contribution in [0.5, 0.6) is 5.75 Å². The largest absolute Gasteiger partial charge is 0.487 e. The van der Waals surface area contributed by atoms with Crippen molar-refractivity contribution in [3.63, 3.8) is 0 Å². The highest BCUT2D eigenvalue weighted by Gasteiger charge is 2.45. The number of alkyl carbamates (subject to hydrolysis) is 1. The predicted molar refractivity (Wildman–Crippen MR) is 215 cm³/mol.